The average molecular weight is 224 g/mol. The lowest BCUT2D eigenvalue weighted by Gasteiger charge is -2.35. The van der Waals surface area contributed by atoms with Gasteiger partial charge in [-0.3, -0.25) is 4.90 Å². The summed E-state index contributed by atoms with van der Waals surface area (Å²) >= 11 is 0. The summed E-state index contributed by atoms with van der Waals surface area (Å²) in [5.41, 5.74) is 6.16. The maximum absolute atomic E-state index is 11.2. The summed E-state index contributed by atoms with van der Waals surface area (Å²) in [4.78, 5) is 13.6. The van der Waals surface area contributed by atoms with E-state index >= 15 is 0 Å². The van der Waals surface area contributed by atoms with Crippen molar-refractivity contribution >= 4 is 5.97 Å². The monoisotopic (exact) mass is 224 g/mol. The van der Waals surface area contributed by atoms with Crippen molar-refractivity contribution in [1.29, 1.82) is 0 Å². The van der Waals surface area contributed by atoms with Crippen LogP contribution in [0.25, 0.3) is 0 Å². The fourth-order valence-electron chi connectivity index (χ4n) is 3.02. The number of ether oxygens (including phenoxy) is 1. The number of carbonyl (C=O) groups excluding carboxylic acids is 1. The minimum atomic E-state index is -0.339. The molecule has 2 bridgehead atoms. The first-order chi connectivity index (χ1) is 7.54. The first-order valence-corrected chi connectivity index (χ1v) is 5.89. The Morgan fingerprint density at radius 3 is 2.81 bits per heavy atom. The molecule has 0 aromatic rings. The van der Waals surface area contributed by atoms with Gasteiger partial charge in [0.05, 0.1) is 6.04 Å². The molecule has 2 aliphatic rings. The standard InChI is InChI=1S/C12H20N2O2/c1-4-10(15)16-9-5-8-6-14(7(2)3)12(9)11(8)13/h4,7-9,11-12H,1,5-6,13H2,2-3H3/t8-,9+,11-,12-/m1/s1. The van der Waals surface area contributed by atoms with E-state index < -0.39 is 0 Å². The van der Waals surface area contributed by atoms with Gasteiger partial charge < -0.3 is 10.5 Å². The molecule has 4 atom stereocenters. The SMILES string of the molecule is C=CC(=O)O[C@H]1C[C@@H]2CN(C(C)C)[C@H]1[C@@H]2N. The van der Waals surface area contributed by atoms with Crippen LogP contribution in [0.3, 0.4) is 0 Å². The second-order valence-corrected chi connectivity index (χ2v) is 5.03. The Morgan fingerprint density at radius 1 is 1.62 bits per heavy atom. The molecule has 2 fully saturated rings. The predicted molar refractivity (Wildman–Crippen MR) is 61.8 cm³/mol. The van der Waals surface area contributed by atoms with E-state index in [1.165, 1.54) is 6.08 Å². The summed E-state index contributed by atoms with van der Waals surface area (Å²) in [5.74, 6) is 0.128. The molecule has 0 amide bonds. The predicted octanol–water partition coefficient (Wildman–Crippen LogP) is 0.524. The van der Waals surface area contributed by atoms with E-state index in [1.807, 2.05) is 0 Å². The Hall–Kier alpha value is -0.870. The number of hydrogen-bond donors (Lipinski definition) is 1. The van der Waals surface area contributed by atoms with E-state index in [9.17, 15) is 4.79 Å². The highest BCUT2D eigenvalue weighted by Crippen LogP contribution is 2.39. The van der Waals surface area contributed by atoms with Crippen molar-refractivity contribution < 1.29 is 9.53 Å². The van der Waals surface area contributed by atoms with Crippen LogP contribution in [-0.2, 0) is 9.53 Å². The van der Waals surface area contributed by atoms with Crippen LogP contribution < -0.4 is 5.73 Å². The molecule has 0 unspecified atom stereocenters. The molecule has 4 heteroatoms. The van der Waals surface area contributed by atoms with E-state index in [0.717, 1.165) is 13.0 Å². The van der Waals surface area contributed by atoms with Crippen LogP contribution in [0, 0.1) is 5.92 Å². The molecule has 16 heavy (non-hydrogen) atoms. The van der Waals surface area contributed by atoms with Gasteiger partial charge in [0, 0.05) is 24.7 Å². The number of carbonyl (C=O) groups is 1. The fraction of sp³-hybridized carbons (Fsp3) is 0.750. The minimum absolute atomic E-state index is 0.0540. The highest BCUT2D eigenvalue weighted by atomic mass is 16.5. The maximum Gasteiger partial charge on any atom is 0.330 e. The van der Waals surface area contributed by atoms with Gasteiger partial charge in [-0.05, 0) is 26.2 Å². The van der Waals surface area contributed by atoms with E-state index in [-0.39, 0.29) is 24.2 Å². The van der Waals surface area contributed by atoms with Crippen molar-refractivity contribution in [2.45, 2.75) is 44.5 Å². The second kappa shape index (κ2) is 4.18. The Labute approximate surface area is 96.4 Å². The number of nitrogens with zero attached hydrogens (tertiary/aromatic N) is 1. The highest BCUT2D eigenvalue weighted by molar-refractivity contribution is 5.81. The Balaban J connectivity index is 2.07. The van der Waals surface area contributed by atoms with Crippen LogP contribution in [0.2, 0.25) is 0 Å². The van der Waals surface area contributed by atoms with Crippen molar-refractivity contribution in [3.8, 4) is 0 Å². The topological polar surface area (TPSA) is 55.6 Å². The molecule has 4 nitrogen and oxygen atoms in total. The Morgan fingerprint density at radius 2 is 2.31 bits per heavy atom. The van der Waals surface area contributed by atoms with E-state index in [0.29, 0.717) is 12.0 Å². The normalized spacial score (nSPS) is 38.0. The van der Waals surface area contributed by atoms with E-state index in [1.54, 1.807) is 0 Å². The third-order valence-corrected chi connectivity index (χ3v) is 3.78. The van der Waals surface area contributed by atoms with Gasteiger partial charge >= 0.3 is 5.97 Å². The molecule has 0 aromatic carbocycles. The molecule has 1 saturated carbocycles. The molecule has 0 spiro atoms. The van der Waals surface area contributed by atoms with Crippen LogP contribution in [0.1, 0.15) is 20.3 Å². The fourth-order valence-corrected chi connectivity index (χ4v) is 3.02. The molecule has 1 heterocycles. The number of likely N-dealkylation sites (tertiary alicyclic amines) is 1. The molecule has 1 saturated heterocycles. The van der Waals surface area contributed by atoms with Crippen LogP contribution in [0.4, 0.5) is 0 Å². The number of rotatable bonds is 3. The zero-order valence-corrected chi connectivity index (χ0v) is 9.93. The lowest BCUT2D eigenvalue weighted by atomic mass is 10.1. The highest BCUT2D eigenvalue weighted by Gasteiger charge is 2.53. The van der Waals surface area contributed by atoms with Gasteiger partial charge in [-0.1, -0.05) is 6.58 Å². The largest absolute Gasteiger partial charge is 0.457 e. The molecule has 1 aliphatic heterocycles. The van der Waals surface area contributed by atoms with Gasteiger partial charge in [0.15, 0.2) is 0 Å². The summed E-state index contributed by atoms with van der Waals surface area (Å²) in [6.07, 6.45) is 2.06. The number of fused-ring (bicyclic) bond motifs is 2. The summed E-state index contributed by atoms with van der Waals surface area (Å²) in [5, 5.41) is 0. The van der Waals surface area contributed by atoms with Crippen molar-refractivity contribution in [2.75, 3.05) is 6.54 Å². The van der Waals surface area contributed by atoms with Crippen LogP contribution in [-0.4, -0.2) is 41.6 Å². The van der Waals surface area contributed by atoms with Crippen molar-refractivity contribution in [3.05, 3.63) is 12.7 Å². The van der Waals surface area contributed by atoms with Crippen molar-refractivity contribution in [2.24, 2.45) is 11.7 Å². The first-order valence-electron chi connectivity index (χ1n) is 5.89. The Bertz CT molecular complexity index is 303. The lowest BCUT2D eigenvalue weighted by molar-refractivity contribution is -0.146. The van der Waals surface area contributed by atoms with Crippen LogP contribution in [0.15, 0.2) is 12.7 Å². The van der Waals surface area contributed by atoms with Gasteiger partial charge in [-0.15, -0.1) is 0 Å². The van der Waals surface area contributed by atoms with Crippen LogP contribution >= 0.6 is 0 Å². The Kier molecular flexibility index (Phi) is 3.04. The molecule has 0 radical (unpaired) electrons. The number of piperidine rings is 1. The zero-order valence-electron chi connectivity index (χ0n) is 9.93. The minimum Gasteiger partial charge on any atom is -0.457 e. The molecule has 2 N–H and O–H groups in total. The van der Waals surface area contributed by atoms with Crippen LogP contribution in [0.5, 0.6) is 0 Å². The molecule has 2 rings (SSSR count). The molecule has 0 aromatic heterocycles. The van der Waals surface area contributed by atoms with E-state index in [4.69, 9.17) is 10.5 Å². The zero-order chi connectivity index (χ0) is 11.9. The van der Waals surface area contributed by atoms with Gasteiger partial charge in [0.1, 0.15) is 6.10 Å². The lowest BCUT2D eigenvalue weighted by Crippen LogP contribution is -2.49. The smallest absolute Gasteiger partial charge is 0.330 e. The molecular weight excluding hydrogens is 204 g/mol. The van der Waals surface area contributed by atoms with Gasteiger partial charge in [0.25, 0.3) is 0 Å². The third kappa shape index (κ3) is 1.76. The van der Waals surface area contributed by atoms with Crippen molar-refractivity contribution in [1.82, 2.24) is 4.90 Å². The van der Waals surface area contributed by atoms with Crippen molar-refractivity contribution in [3.63, 3.8) is 0 Å². The van der Waals surface area contributed by atoms with Gasteiger partial charge in [0.2, 0.25) is 0 Å². The summed E-state index contributed by atoms with van der Waals surface area (Å²) in [7, 11) is 0. The van der Waals surface area contributed by atoms with Gasteiger partial charge in [-0.2, -0.15) is 0 Å². The maximum atomic E-state index is 11.2. The summed E-state index contributed by atoms with van der Waals surface area (Å²) < 4.78 is 5.37. The van der Waals surface area contributed by atoms with Gasteiger partial charge in [-0.25, -0.2) is 4.79 Å². The molecule has 1 aliphatic carbocycles. The first kappa shape index (κ1) is 11.6. The summed E-state index contributed by atoms with van der Waals surface area (Å²) in [6, 6.07) is 0.783. The molecule has 90 valence electrons. The number of nitrogens with two attached hydrogens (primary N) is 1. The molecular formula is C12H20N2O2. The average Bonchev–Trinajstić information content (AvgIpc) is 2.71. The quantitative estimate of drug-likeness (QED) is 0.561. The number of hydrogen-bond acceptors (Lipinski definition) is 4. The number of esters is 1. The second-order valence-electron chi connectivity index (χ2n) is 5.03. The summed E-state index contributed by atoms with van der Waals surface area (Å²) in [6.45, 7) is 8.76. The third-order valence-electron chi connectivity index (χ3n) is 3.78. The van der Waals surface area contributed by atoms with E-state index in [2.05, 4.69) is 25.3 Å².